The molecule has 3 rings (SSSR count). The van der Waals surface area contributed by atoms with Gasteiger partial charge in [0.25, 0.3) is 5.91 Å². The molecule has 1 atom stereocenters. The van der Waals surface area contributed by atoms with E-state index in [4.69, 9.17) is 9.47 Å². The maximum Gasteiger partial charge on any atom is 0.258 e. The van der Waals surface area contributed by atoms with Gasteiger partial charge in [-0.25, -0.2) is 0 Å². The van der Waals surface area contributed by atoms with E-state index in [1.165, 1.54) is 5.56 Å². The quantitative estimate of drug-likeness (QED) is 0.821. The summed E-state index contributed by atoms with van der Waals surface area (Å²) in [6, 6.07) is 16.2. The van der Waals surface area contributed by atoms with Crippen LogP contribution in [0.4, 0.5) is 0 Å². The molecule has 1 aliphatic rings. The minimum atomic E-state index is -0.226. The summed E-state index contributed by atoms with van der Waals surface area (Å²) in [6.07, 6.45) is 2.69. The molecule has 1 N–H and O–H groups in total. The minimum Gasteiger partial charge on any atom is -0.483 e. The lowest BCUT2D eigenvalue weighted by Gasteiger charge is -2.18. The summed E-state index contributed by atoms with van der Waals surface area (Å²) in [6.45, 7) is 6.12. The van der Waals surface area contributed by atoms with Crippen LogP contribution in [0.2, 0.25) is 0 Å². The first-order chi connectivity index (χ1) is 12.4. The third kappa shape index (κ3) is 4.78. The van der Waals surface area contributed by atoms with Crippen LogP contribution in [0.1, 0.15) is 38.3 Å². The van der Waals surface area contributed by atoms with Gasteiger partial charge >= 0.3 is 0 Å². The number of rotatable bonds is 7. The Labute approximate surface area is 155 Å². The average Bonchev–Trinajstić information content (AvgIpc) is 2.93. The number of ether oxygens (including phenoxy) is 2. The van der Waals surface area contributed by atoms with Gasteiger partial charge in [-0.1, -0.05) is 42.5 Å². The van der Waals surface area contributed by atoms with E-state index < -0.39 is 0 Å². The second kappa shape index (κ2) is 7.81. The lowest BCUT2D eigenvalue weighted by atomic mass is 10.0. The van der Waals surface area contributed by atoms with Crippen LogP contribution < -0.4 is 14.8 Å². The molecule has 0 fully saturated rings. The molecule has 0 saturated carbocycles. The van der Waals surface area contributed by atoms with Gasteiger partial charge in [0.05, 0.1) is 0 Å². The number of hydrogen-bond acceptors (Lipinski definition) is 3. The molecular formula is C22H27NO3. The molecule has 0 saturated heterocycles. The Morgan fingerprint density at radius 2 is 1.96 bits per heavy atom. The number of amides is 1. The molecule has 4 heteroatoms. The summed E-state index contributed by atoms with van der Waals surface area (Å²) < 4.78 is 11.7. The van der Waals surface area contributed by atoms with Crippen LogP contribution in [0.15, 0.2) is 48.5 Å². The zero-order valence-corrected chi connectivity index (χ0v) is 15.7. The predicted molar refractivity (Wildman–Crippen MR) is 103 cm³/mol. The van der Waals surface area contributed by atoms with E-state index in [1.54, 1.807) is 0 Å². The Kier molecular flexibility index (Phi) is 5.50. The molecule has 1 unspecified atom stereocenters. The number of benzene rings is 2. The first-order valence-electron chi connectivity index (χ1n) is 9.20. The fraction of sp³-hybridized carbons (Fsp3) is 0.409. The molecule has 1 amide bonds. The number of hydrogen-bond donors (Lipinski definition) is 1. The fourth-order valence-electron chi connectivity index (χ4n) is 3.26. The number of carbonyl (C=O) groups excluding carboxylic acids is 1. The number of aryl methyl sites for hydroxylation is 1. The van der Waals surface area contributed by atoms with E-state index in [9.17, 15) is 4.79 Å². The number of carbonyl (C=O) groups is 1. The van der Waals surface area contributed by atoms with E-state index in [0.717, 1.165) is 30.6 Å². The molecule has 4 nitrogen and oxygen atoms in total. The second-order valence-electron chi connectivity index (χ2n) is 7.56. The molecule has 2 aromatic carbocycles. The predicted octanol–water partition coefficient (Wildman–Crippen LogP) is 3.92. The first kappa shape index (κ1) is 18.3. The normalized spacial score (nSPS) is 15.7. The second-order valence-corrected chi connectivity index (χ2v) is 7.56. The van der Waals surface area contributed by atoms with Gasteiger partial charge in [-0.05, 0) is 45.2 Å². The van der Waals surface area contributed by atoms with Crippen LogP contribution in [0.3, 0.4) is 0 Å². The van der Waals surface area contributed by atoms with Crippen molar-refractivity contribution < 1.29 is 14.3 Å². The zero-order valence-electron chi connectivity index (χ0n) is 15.7. The molecular weight excluding hydrogens is 326 g/mol. The van der Waals surface area contributed by atoms with Crippen molar-refractivity contribution >= 4 is 5.91 Å². The van der Waals surface area contributed by atoms with Gasteiger partial charge < -0.3 is 14.8 Å². The monoisotopic (exact) mass is 353 g/mol. The summed E-state index contributed by atoms with van der Waals surface area (Å²) in [5, 5.41) is 3.00. The maximum absolute atomic E-state index is 12.2. The van der Waals surface area contributed by atoms with Crippen molar-refractivity contribution in [2.24, 2.45) is 0 Å². The van der Waals surface area contributed by atoms with Crippen molar-refractivity contribution in [2.45, 2.75) is 51.7 Å². The van der Waals surface area contributed by atoms with E-state index in [2.05, 4.69) is 31.3 Å². The molecule has 0 bridgehead atoms. The number of nitrogens with one attached hydrogen (secondary N) is 1. The number of para-hydroxylation sites is 1. The van der Waals surface area contributed by atoms with Gasteiger partial charge in [-0.15, -0.1) is 0 Å². The zero-order chi connectivity index (χ0) is 18.6. The number of fused-ring (bicyclic) bond motifs is 1. The largest absolute Gasteiger partial charge is 0.483 e. The highest BCUT2D eigenvalue weighted by atomic mass is 16.5. The van der Waals surface area contributed by atoms with Gasteiger partial charge in [0.2, 0.25) is 0 Å². The summed E-state index contributed by atoms with van der Waals surface area (Å²) in [4.78, 5) is 12.2. The van der Waals surface area contributed by atoms with Gasteiger partial charge in [0.15, 0.2) is 18.1 Å². The van der Waals surface area contributed by atoms with Crippen LogP contribution in [0, 0.1) is 0 Å². The van der Waals surface area contributed by atoms with E-state index in [0.29, 0.717) is 5.75 Å². The molecule has 0 aromatic heterocycles. The summed E-state index contributed by atoms with van der Waals surface area (Å²) >= 11 is 0. The van der Waals surface area contributed by atoms with Crippen molar-refractivity contribution in [3.63, 3.8) is 0 Å². The Morgan fingerprint density at radius 1 is 1.19 bits per heavy atom. The molecule has 26 heavy (non-hydrogen) atoms. The lowest BCUT2D eigenvalue weighted by Crippen LogP contribution is -2.36. The Hall–Kier alpha value is -2.49. The van der Waals surface area contributed by atoms with Gasteiger partial charge in [-0.2, -0.15) is 0 Å². The van der Waals surface area contributed by atoms with E-state index in [-0.39, 0.29) is 24.2 Å². The molecule has 1 heterocycles. The van der Waals surface area contributed by atoms with E-state index >= 15 is 0 Å². The van der Waals surface area contributed by atoms with Crippen LogP contribution in [0.25, 0.3) is 0 Å². The summed E-state index contributed by atoms with van der Waals surface area (Å²) in [5.74, 6) is 1.29. The van der Waals surface area contributed by atoms with Crippen molar-refractivity contribution in [1.82, 2.24) is 5.32 Å². The van der Waals surface area contributed by atoms with Crippen LogP contribution in [-0.4, -0.2) is 24.2 Å². The smallest absolute Gasteiger partial charge is 0.258 e. The SMILES string of the molecule is CC(CCc1ccccc1)NC(=O)COc1cccc2c1OC(C)(C)C2. The standard InChI is InChI=1S/C22H27NO3/c1-16(12-13-17-8-5-4-6-9-17)23-20(24)15-25-19-11-7-10-18-14-22(2,3)26-21(18)19/h4-11,16H,12-15H2,1-3H3,(H,23,24). The molecule has 2 aromatic rings. The maximum atomic E-state index is 12.2. The van der Waals surface area contributed by atoms with Crippen LogP contribution >= 0.6 is 0 Å². The fourth-order valence-corrected chi connectivity index (χ4v) is 3.26. The topological polar surface area (TPSA) is 47.6 Å². The molecule has 0 spiro atoms. The van der Waals surface area contributed by atoms with Crippen LogP contribution in [0.5, 0.6) is 11.5 Å². The first-order valence-corrected chi connectivity index (χ1v) is 9.20. The van der Waals surface area contributed by atoms with Crippen molar-refractivity contribution in [1.29, 1.82) is 0 Å². The molecule has 1 aliphatic heterocycles. The van der Waals surface area contributed by atoms with Gasteiger partial charge in [0, 0.05) is 18.0 Å². The average molecular weight is 353 g/mol. The minimum absolute atomic E-state index is 0.00405. The molecule has 138 valence electrons. The third-order valence-electron chi connectivity index (χ3n) is 4.53. The Bertz CT molecular complexity index is 755. The van der Waals surface area contributed by atoms with Crippen molar-refractivity contribution in [2.75, 3.05) is 6.61 Å². The van der Waals surface area contributed by atoms with Gasteiger partial charge in [0.1, 0.15) is 5.60 Å². The van der Waals surface area contributed by atoms with Crippen LogP contribution in [-0.2, 0) is 17.6 Å². The Balaban J connectivity index is 1.47. The lowest BCUT2D eigenvalue weighted by molar-refractivity contribution is -0.123. The van der Waals surface area contributed by atoms with Gasteiger partial charge in [-0.3, -0.25) is 4.79 Å². The summed E-state index contributed by atoms with van der Waals surface area (Å²) in [5.41, 5.74) is 2.18. The van der Waals surface area contributed by atoms with E-state index in [1.807, 2.05) is 43.3 Å². The third-order valence-corrected chi connectivity index (χ3v) is 4.53. The highest BCUT2D eigenvalue weighted by Crippen LogP contribution is 2.41. The Morgan fingerprint density at radius 3 is 2.73 bits per heavy atom. The summed E-state index contributed by atoms with van der Waals surface area (Å²) in [7, 11) is 0. The highest BCUT2D eigenvalue weighted by Gasteiger charge is 2.32. The van der Waals surface area contributed by atoms with Crippen molar-refractivity contribution in [3.8, 4) is 11.5 Å². The molecule has 0 radical (unpaired) electrons. The highest BCUT2D eigenvalue weighted by molar-refractivity contribution is 5.78. The molecule has 0 aliphatic carbocycles. The van der Waals surface area contributed by atoms with Crippen molar-refractivity contribution in [3.05, 3.63) is 59.7 Å².